The van der Waals surface area contributed by atoms with E-state index in [0.717, 1.165) is 37.8 Å². The normalized spacial score (nSPS) is 28.2. The predicted octanol–water partition coefficient (Wildman–Crippen LogP) is 4.61. The Morgan fingerprint density at radius 2 is 2.00 bits per heavy atom. The van der Waals surface area contributed by atoms with Gasteiger partial charge in [0.05, 0.1) is 11.6 Å². The summed E-state index contributed by atoms with van der Waals surface area (Å²) in [5.41, 5.74) is 7.29. The molecule has 3 rings (SSSR count). The van der Waals surface area contributed by atoms with Gasteiger partial charge < -0.3 is 16.2 Å². The molecule has 0 aliphatic carbocycles. The summed E-state index contributed by atoms with van der Waals surface area (Å²) in [7, 11) is 0. The van der Waals surface area contributed by atoms with Crippen molar-refractivity contribution in [1.82, 2.24) is 5.32 Å². The summed E-state index contributed by atoms with van der Waals surface area (Å²) in [5, 5.41) is 17.2. The van der Waals surface area contributed by atoms with Crippen LogP contribution >= 0.6 is 11.6 Å². The van der Waals surface area contributed by atoms with Gasteiger partial charge in [-0.2, -0.15) is 0 Å². The van der Waals surface area contributed by atoms with Gasteiger partial charge in [0.1, 0.15) is 0 Å². The molecular weight excluding hydrogens is 356 g/mol. The number of hydrogen-bond donors (Lipinski definition) is 3. The number of hydrogen-bond acceptors (Lipinski definition) is 3. The first-order valence-corrected chi connectivity index (χ1v) is 10.7. The van der Waals surface area contributed by atoms with E-state index in [0.29, 0.717) is 6.54 Å². The monoisotopic (exact) mass is 388 g/mol. The van der Waals surface area contributed by atoms with Crippen molar-refractivity contribution in [2.45, 2.75) is 57.1 Å². The zero-order valence-corrected chi connectivity index (χ0v) is 17.3. The van der Waals surface area contributed by atoms with Gasteiger partial charge >= 0.3 is 0 Å². The number of nitrogens with one attached hydrogen (secondary N) is 1. The van der Waals surface area contributed by atoms with Gasteiger partial charge in [-0.05, 0) is 34.6 Å². The standard InChI is InChI=1S/C23H33ClN2O/c1-3-4-11-23(2)13-21(24)26-15-20(23)22(27)19(14-25)18-10-9-16-7-5-6-8-17(16)12-18/h5-10,12,19-22,26-27H,3-4,11,13-15,25H2,1-2H3/t19?,20?,21?,22-,23?/m1/s1. The lowest BCUT2D eigenvalue weighted by atomic mass is 9.64. The second-order valence-electron chi connectivity index (χ2n) is 8.38. The Morgan fingerprint density at radius 1 is 1.26 bits per heavy atom. The first-order chi connectivity index (χ1) is 13.0. The maximum atomic E-state index is 11.4. The number of alkyl halides is 1. The Morgan fingerprint density at radius 3 is 2.70 bits per heavy atom. The van der Waals surface area contributed by atoms with Gasteiger partial charge in [0.15, 0.2) is 0 Å². The van der Waals surface area contributed by atoms with Crippen LogP contribution in [0.25, 0.3) is 10.8 Å². The van der Waals surface area contributed by atoms with Crippen molar-refractivity contribution in [3.05, 3.63) is 48.0 Å². The summed E-state index contributed by atoms with van der Waals surface area (Å²) in [5.74, 6) is 0.0632. The van der Waals surface area contributed by atoms with Crippen LogP contribution in [-0.4, -0.2) is 29.8 Å². The summed E-state index contributed by atoms with van der Waals surface area (Å²) in [6, 6.07) is 14.8. The molecule has 4 unspecified atom stereocenters. The van der Waals surface area contributed by atoms with Crippen LogP contribution in [0, 0.1) is 11.3 Å². The Hall–Kier alpha value is -1.13. The highest BCUT2D eigenvalue weighted by Crippen LogP contribution is 2.45. The van der Waals surface area contributed by atoms with Gasteiger partial charge in [0, 0.05) is 24.9 Å². The second kappa shape index (κ2) is 8.91. The maximum absolute atomic E-state index is 11.4. The maximum Gasteiger partial charge on any atom is 0.0830 e. The predicted molar refractivity (Wildman–Crippen MR) is 115 cm³/mol. The number of piperidine rings is 1. The smallest absolute Gasteiger partial charge is 0.0830 e. The Balaban J connectivity index is 1.88. The van der Waals surface area contributed by atoms with E-state index in [2.05, 4.69) is 49.5 Å². The van der Waals surface area contributed by atoms with Crippen LogP contribution in [0.15, 0.2) is 42.5 Å². The zero-order valence-electron chi connectivity index (χ0n) is 16.5. The molecule has 1 saturated heterocycles. The van der Waals surface area contributed by atoms with Crippen molar-refractivity contribution < 1.29 is 5.11 Å². The van der Waals surface area contributed by atoms with Crippen molar-refractivity contribution in [3.63, 3.8) is 0 Å². The Labute approximate surface area is 168 Å². The van der Waals surface area contributed by atoms with Gasteiger partial charge in [0.2, 0.25) is 0 Å². The van der Waals surface area contributed by atoms with E-state index >= 15 is 0 Å². The molecule has 4 heteroatoms. The highest BCUT2D eigenvalue weighted by Gasteiger charge is 2.44. The molecule has 0 spiro atoms. The average molecular weight is 389 g/mol. The van der Waals surface area contributed by atoms with Crippen molar-refractivity contribution in [1.29, 1.82) is 0 Å². The molecule has 0 saturated carbocycles. The van der Waals surface area contributed by atoms with E-state index in [1.807, 2.05) is 12.1 Å². The van der Waals surface area contributed by atoms with Crippen LogP contribution < -0.4 is 11.1 Å². The van der Waals surface area contributed by atoms with Crippen molar-refractivity contribution in [2.24, 2.45) is 17.1 Å². The number of aliphatic hydroxyl groups excluding tert-OH is 1. The summed E-state index contributed by atoms with van der Waals surface area (Å²) in [4.78, 5) is 0. The van der Waals surface area contributed by atoms with Crippen LogP contribution in [0.3, 0.4) is 0 Å². The average Bonchev–Trinajstić information content (AvgIpc) is 2.66. The van der Waals surface area contributed by atoms with Crippen LogP contribution in [0.4, 0.5) is 0 Å². The lowest BCUT2D eigenvalue weighted by Crippen LogP contribution is -2.53. The van der Waals surface area contributed by atoms with Crippen molar-refractivity contribution >= 4 is 22.4 Å². The molecule has 1 aliphatic heterocycles. The second-order valence-corrected chi connectivity index (χ2v) is 8.91. The Kier molecular flexibility index (Phi) is 6.80. The fourth-order valence-electron chi connectivity index (χ4n) is 4.73. The number of nitrogens with two attached hydrogens (primary N) is 1. The zero-order chi connectivity index (χ0) is 19.4. The third-order valence-corrected chi connectivity index (χ3v) is 6.79. The third-order valence-electron chi connectivity index (χ3n) is 6.48. The first-order valence-electron chi connectivity index (χ1n) is 10.2. The molecule has 0 amide bonds. The minimum atomic E-state index is -0.491. The number of halogens is 1. The summed E-state index contributed by atoms with van der Waals surface area (Å²) >= 11 is 6.43. The lowest BCUT2D eigenvalue weighted by molar-refractivity contribution is -0.0184. The van der Waals surface area contributed by atoms with Gasteiger partial charge in [0.25, 0.3) is 0 Å². The lowest BCUT2D eigenvalue weighted by Gasteiger charge is -2.47. The summed E-state index contributed by atoms with van der Waals surface area (Å²) in [6.07, 6.45) is 3.79. The molecule has 1 heterocycles. The van der Waals surface area contributed by atoms with E-state index in [1.54, 1.807) is 0 Å². The van der Waals surface area contributed by atoms with Gasteiger partial charge in [-0.25, -0.2) is 0 Å². The van der Waals surface area contributed by atoms with Gasteiger partial charge in [-0.3, -0.25) is 0 Å². The SMILES string of the molecule is CCCCC1(C)CC(Cl)NCC1[C@H](O)C(CN)c1ccc2ccccc2c1. The quantitative estimate of drug-likeness (QED) is 0.479. The number of benzene rings is 2. The van der Waals surface area contributed by atoms with Crippen LogP contribution in [0.1, 0.15) is 51.0 Å². The van der Waals surface area contributed by atoms with E-state index in [9.17, 15) is 5.11 Å². The number of fused-ring (bicyclic) bond motifs is 1. The molecule has 5 atom stereocenters. The molecule has 0 bridgehead atoms. The molecule has 1 fully saturated rings. The molecule has 1 aliphatic rings. The molecule has 27 heavy (non-hydrogen) atoms. The van der Waals surface area contributed by atoms with E-state index in [1.165, 1.54) is 10.8 Å². The van der Waals surface area contributed by atoms with Gasteiger partial charge in [-0.1, -0.05) is 69.2 Å². The molecule has 148 valence electrons. The highest BCUT2D eigenvalue weighted by atomic mass is 35.5. The number of unbranched alkanes of at least 4 members (excludes halogenated alkanes) is 1. The van der Waals surface area contributed by atoms with E-state index in [-0.39, 0.29) is 22.8 Å². The number of aliphatic hydroxyl groups is 1. The summed E-state index contributed by atoms with van der Waals surface area (Å²) in [6.45, 7) is 5.68. The Bertz CT molecular complexity index is 752. The molecule has 4 N–H and O–H groups in total. The van der Waals surface area contributed by atoms with E-state index in [4.69, 9.17) is 17.3 Å². The van der Waals surface area contributed by atoms with Gasteiger partial charge in [-0.15, -0.1) is 11.6 Å². The van der Waals surface area contributed by atoms with E-state index < -0.39 is 6.10 Å². The molecule has 0 aromatic heterocycles. The van der Waals surface area contributed by atoms with Crippen LogP contribution in [0.2, 0.25) is 0 Å². The largest absolute Gasteiger partial charge is 0.392 e. The van der Waals surface area contributed by atoms with Crippen LogP contribution in [0.5, 0.6) is 0 Å². The highest BCUT2D eigenvalue weighted by molar-refractivity contribution is 6.20. The fourth-order valence-corrected chi connectivity index (χ4v) is 5.17. The van der Waals surface area contributed by atoms with Crippen molar-refractivity contribution in [2.75, 3.05) is 13.1 Å². The van der Waals surface area contributed by atoms with Crippen molar-refractivity contribution in [3.8, 4) is 0 Å². The minimum Gasteiger partial charge on any atom is -0.392 e. The summed E-state index contributed by atoms with van der Waals surface area (Å²) < 4.78 is 0. The molecular formula is C23H33ClN2O. The molecule has 3 nitrogen and oxygen atoms in total. The fraction of sp³-hybridized carbons (Fsp3) is 0.565. The minimum absolute atomic E-state index is 0.0210. The van der Waals surface area contributed by atoms with Crippen LogP contribution in [-0.2, 0) is 0 Å². The third kappa shape index (κ3) is 4.48. The first kappa shape index (κ1) is 20.6. The molecule has 0 radical (unpaired) electrons. The molecule has 2 aromatic rings. The number of rotatable bonds is 7. The molecule has 2 aromatic carbocycles. The topological polar surface area (TPSA) is 58.3 Å².